The van der Waals surface area contributed by atoms with Crippen LogP contribution in [-0.2, 0) is 4.79 Å². The Hall–Kier alpha value is -1.40. The van der Waals surface area contributed by atoms with E-state index in [-0.39, 0.29) is 0 Å². The van der Waals surface area contributed by atoms with Gasteiger partial charge in [-0.2, -0.15) is 0 Å². The van der Waals surface area contributed by atoms with E-state index in [0.717, 1.165) is 0 Å². The average molecular weight is 215 g/mol. The molecule has 0 N–H and O–H groups in total. The molecule has 1 aromatic carbocycles. The SMILES string of the molecule is O=C(C#Cc1ccc(Cl)cc1)C(F)F. The highest BCUT2D eigenvalue weighted by atomic mass is 35.5. The number of ketones is 1. The highest BCUT2D eigenvalue weighted by Gasteiger charge is 2.10. The van der Waals surface area contributed by atoms with Crippen molar-refractivity contribution >= 4 is 17.4 Å². The number of carbonyl (C=O) groups is 1. The van der Waals surface area contributed by atoms with Crippen molar-refractivity contribution in [2.75, 3.05) is 0 Å². The van der Waals surface area contributed by atoms with Crippen molar-refractivity contribution in [3.8, 4) is 11.8 Å². The molecule has 14 heavy (non-hydrogen) atoms. The molecule has 0 heterocycles. The minimum absolute atomic E-state index is 0.475. The van der Waals surface area contributed by atoms with Gasteiger partial charge in [0.2, 0.25) is 0 Å². The van der Waals surface area contributed by atoms with Gasteiger partial charge in [0.15, 0.2) is 0 Å². The Morgan fingerprint density at radius 2 is 1.86 bits per heavy atom. The highest BCUT2D eigenvalue weighted by Crippen LogP contribution is 2.08. The Kier molecular flexibility index (Phi) is 3.61. The second-order valence-corrected chi connectivity index (χ2v) is 2.86. The first-order valence-electron chi connectivity index (χ1n) is 3.69. The number of benzene rings is 1. The van der Waals surface area contributed by atoms with Gasteiger partial charge in [-0.25, -0.2) is 8.78 Å². The highest BCUT2D eigenvalue weighted by molar-refractivity contribution is 6.30. The molecular formula is C10H5ClF2O. The third kappa shape index (κ3) is 3.15. The number of Topliss-reactive ketones (excluding diaryl/α,β-unsaturated/α-hetero) is 1. The fourth-order valence-electron chi connectivity index (χ4n) is 0.722. The first-order valence-corrected chi connectivity index (χ1v) is 4.07. The van der Waals surface area contributed by atoms with Crippen LogP contribution >= 0.6 is 11.6 Å². The summed E-state index contributed by atoms with van der Waals surface area (Å²) >= 11 is 5.59. The van der Waals surface area contributed by atoms with Crippen LogP contribution in [0.4, 0.5) is 8.78 Å². The maximum atomic E-state index is 11.7. The Labute approximate surface area is 84.7 Å². The van der Waals surface area contributed by atoms with Crippen molar-refractivity contribution in [2.24, 2.45) is 0 Å². The number of hydrogen-bond donors (Lipinski definition) is 0. The van der Waals surface area contributed by atoms with Crippen molar-refractivity contribution in [3.05, 3.63) is 34.9 Å². The molecule has 0 radical (unpaired) electrons. The maximum absolute atomic E-state index is 11.7. The summed E-state index contributed by atoms with van der Waals surface area (Å²) in [6, 6.07) is 6.24. The van der Waals surface area contributed by atoms with E-state index < -0.39 is 12.2 Å². The van der Waals surface area contributed by atoms with Crippen LogP contribution in [0.25, 0.3) is 0 Å². The third-order valence-corrected chi connectivity index (χ3v) is 1.62. The maximum Gasteiger partial charge on any atom is 0.308 e. The van der Waals surface area contributed by atoms with Gasteiger partial charge < -0.3 is 0 Å². The number of hydrogen-bond acceptors (Lipinski definition) is 1. The standard InChI is InChI=1S/C10H5ClF2O/c11-8-4-1-7(2-5-8)3-6-9(14)10(12)13/h1-2,4-5,10H. The van der Waals surface area contributed by atoms with Crippen LogP contribution in [0.2, 0.25) is 5.02 Å². The fraction of sp³-hybridized carbons (Fsp3) is 0.100. The number of rotatable bonds is 1. The van der Waals surface area contributed by atoms with Crippen molar-refractivity contribution in [1.82, 2.24) is 0 Å². The molecular weight excluding hydrogens is 210 g/mol. The van der Waals surface area contributed by atoms with Gasteiger partial charge in [0.05, 0.1) is 0 Å². The molecule has 0 atom stereocenters. The minimum Gasteiger partial charge on any atom is -0.278 e. The molecule has 1 aromatic rings. The van der Waals surface area contributed by atoms with Gasteiger partial charge in [0.25, 0.3) is 5.78 Å². The Bertz CT molecular complexity index is 387. The number of carbonyl (C=O) groups excluding carboxylic acids is 1. The Morgan fingerprint density at radius 1 is 1.29 bits per heavy atom. The van der Waals surface area contributed by atoms with E-state index in [1.165, 1.54) is 0 Å². The van der Waals surface area contributed by atoms with E-state index in [2.05, 4.69) is 5.92 Å². The van der Waals surface area contributed by atoms with Crippen LogP contribution in [0, 0.1) is 11.8 Å². The summed E-state index contributed by atoms with van der Waals surface area (Å²) in [6.07, 6.45) is -3.03. The average Bonchev–Trinajstić information content (AvgIpc) is 2.16. The van der Waals surface area contributed by atoms with Crippen LogP contribution in [0.3, 0.4) is 0 Å². The molecule has 0 spiro atoms. The second-order valence-electron chi connectivity index (χ2n) is 2.42. The molecule has 0 amide bonds. The molecule has 0 aromatic heterocycles. The molecule has 1 nitrogen and oxygen atoms in total. The van der Waals surface area contributed by atoms with E-state index >= 15 is 0 Å². The van der Waals surface area contributed by atoms with Crippen LogP contribution in [0.15, 0.2) is 24.3 Å². The first-order chi connectivity index (χ1) is 6.59. The van der Waals surface area contributed by atoms with Crippen LogP contribution in [0.1, 0.15) is 5.56 Å². The van der Waals surface area contributed by atoms with Crippen molar-refractivity contribution in [3.63, 3.8) is 0 Å². The smallest absolute Gasteiger partial charge is 0.278 e. The normalized spacial score (nSPS) is 9.43. The molecule has 0 saturated heterocycles. The second kappa shape index (κ2) is 4.73. The molecule has 0 aliphatic rings. The summed E-state index contributed by atoms with van der Waals surface area (Å²) in [7, 11) is 0. The zero-order valence-corrected chi connectivity index (χ0v) is 7.68. The predicted octanol–water partition coefficient (Wildman–Crippen LogP) is 2.53. The van der Waals surface area contributed by atoms with Crippen LogP contribution < -0.4 is 0 Å². The zero-order valence-electron chi connectivity index (χ0n) is 6.93. The van der Waals surface area contributed by atoms with Gasteiger partial charge in [0, 0.05) is 10.6 Å². The lowest BCUT2D eigenvalue weighted by molar-refractivity contribution is -0.123. The largest absolute Gasteiger partial charge is 0.308 e. The lowest BCUT2D eigenvalue weighted by Crippen LogP contribution is -2.05. The van der Waals surface area contributed by atoms with E-state index in [0.29, 0.717) is 10.6 Å². The van der Waals surface area contributed by atoms with E-state index in [9.17, 15) is 13.6 Å². The Morgan fingerprint density at radius 3 is 2.36 bits per heavy atom. The first kappa shape index (κ1) is 10.7. The zero-order chi connectivity index (χ0) is 10.6. The van der Waals surface area contributed by atoms with Gasteiger partial charge >= 0.3 is 6.43 Å². The number of alkyl halides is 2. The quantitative estimate of drug-likeness (QED) is 0.657. The van der Waals surface area contributed by atoms with Gasteiger partial charge in [-0.1, -0.05) is 17.5 Å². The summed E-state index contributed by atoms with van der Waals surface area (Å²) < 4.78 is 23.4. The summed E-state index contributed by atoms with van der Waals surface area (Å²) in [5, 5.41) is 0.524. The summed E-state index contributed by atoms with van der Waals surface area (Å²) in [5.41, 5.74) is 0.475. The predicted molar refractivity (Wildman–Crippen MR) is 49.3 cm³/mol. The van der Waals surface area contributed by atoms with Crippen molar-refractivity contribution < 1.29 is 13.6 Å². The third-order valence-electron chi connectivity index (χ3n) is 1.37. The van der Waals surface area contributed by atoms with Crippen molar-refractivity contribution in [2.45, 2.75) is 6.43 Å². The lowest BCUT2D eigenvalue weighted by atomic mass is 10.2. The molecule has 0 fully saturated rings. The molecule has 0 aliphatic heterocycles. The molecule has 0 bridgehead atoms. The topological polar surface area (TPSA) is 17.1 Å². The molecule has 0 aliphatic carbocycles. The number of halogens is 3. The lowest BCUT2D eigenvalue weighted by Gasteiger charge is -1.90. The summed E-state index contributed by atoms with van der Waals surface area (Å²) in [4.78, 5) is 10.4. The fourth-order valence-corrected chi connectivity index (χ4v) is 0.848. The molecule has 4 heteroatoms. The van der Waals surface area contributed by atoms with Gasteiger partial charge in [0.1, 0.15) is 0 Å². The molecule has 1 rings (SSSR count). The Balaban J connectivity index is 2.78. The molecule has 0 unspecified atom stereocenters. The van der Waals surface area contributed by atoms with E-state index in [4.69, 9.17) is 11.6 Å². The minimum atomic E-state index is -3.03. The van der Waals surface area contributed by atoms with Gasteiger partial charge in [-0.15, -0.1) is 0 Å². The van der Waals surface area contributed by atoms with E-state index in [1.54, 1.807) is 24.3 Å². The van der Waals surface area contributed by atoms with Gasteiger partial charge in [-0.3, -0.25) is 4.79 Å². The van der Waals surface area contributed by atoms with Crippen LogP contribution in [-0.4, -0.2) is 12.2 Å². The monoisotopic (exact) mass is 214 g/mol. The van der Waals surface area contributed by atoms with Crippen LogP contribution in [0.5, 0.6) is 0 Å². The summed E-state index contributed by atoms with van der Waals surface area (Å²) in [6.45, 7) is 0. The van der Waals surface area contributed by atoms with Gasteiger partial charge in [-0.05, 0) is 30.2 Å². The van der Waals surface area contributed by atoms with E-state index in [1.807, 2.05) is 5.92 Å². The van der Waals surface area contributed by atoms with Crippen molar-refractivity contribution in [1.29, 1.82) is 0 Å². The summed E-state index contributed by atoms with van der Waals surface area (Å²) in [5.74, 6) is 2.78. The molecule has 72 valence electrons. The molecule has 0 saturated carbocycles.